The molecule has 1 heterocycles. The first-order valence-corrected chi connectivity index (χ1v) is 8.80. The van der Waals surface area contributed by atoms with Crippen molar-refractivity contribution in [1.29, 1.82) is 0 Å². The van der Waals surface area contributed by atoms with Crippen LogP contribution in [0.25, 0.3) is 12.2 Å². The van der Waals surface area contributed by atoms with Gasteiger partial charge in [0, 0.05) is 11.9 Å². The number of carbonyl (C=O) groups excluding carboxylic acids is 1. The van der Waals surface area contributed by atoms with Gasteiger partial charge >= 0.3 is 0 Å². The lowest BCUT2D eigenvalue weighted by Crippen LogP contribution is -2.20. The van der Waals surface area contributed by atoms with E-state index in [0.717, 1.165) is 33.8 Å². The van der Waals surface area contributed by atoms with E-state index in [1.165, 1.54) is 0 Å². The van der Waals surface area contributed by atoms with E-state index in [0.29, 0.717) is 0 Å². The summed E-state index contributed by atoms with van der Waals surface area (Å²) in [5, 5.41) is 2.87. The van der Waals surface area contributed by atoms with Crippen LogP contribution in [0.15, 0.2) is 66.9 Å². The summed E-state index contributed by atoms with van der Waals surface area (Å²) in [6.45, 7) is 3.98. The predicted octanol–water partition coefficient (Wildman–Crippen LogP) is 4.89. The normalized spacial score (nSPS) is 10.7. The van der Waals surface area contributed by atoms with Crippen LogP contribution < -0.4 is 10.1 Å². The Balaban J connectivity index is 1.59. The number of amides is 1. The van der Waals surface area contributed by atoms with Crippen molar-refractivity contribution in [3.8, 4) is 5.75 Å². The van der Waals surface area contributed by atoms with Crippen LogP contribution in [0.1, 0.15) is 22.4 Å². The highest BCUT2D eigenvalue weighted by molar-refractivity contribution is 5.92. The zero-order chi connectivity index (χ0) is 19.1. The van der Waals surface area contributed by atoms with Crippen LogP contribution in [0.2, 0.25) is 0 Å². The van der Waals surface area contributed by atoms with E-state index in [-0.39, 0.29) is 12.5 Å². The highest BCUT2D eigenvalue weighted by Crippen LogP contribution is 2.20. The van der Waals surface area contributed by atoms with Crippen molar-refractivity contribution >= 4 is 23.7 Å². The maximum absolute atomic E-state index is 12.2. The number of carbonyl (C=O) groups is 1. The Morgan fingerprint density at radius 1 is 1.04 bits per heavy atom. The van der Waals surface area contributed by atoms with E-state index in [4.69, 9.17) is 4.74 Å². The minimum absolute atomic E-state index is 0.0295. The third-order valence-electron chi connectivity index (χ3n) is 4.22. The number of aromatic nitrogens is 1. The van der Waals surface area contributed by atoms with Crippen molar-refractivity contribution in [2.24, 2.45) is 0 Å². The van der Waals surface area contributed by atoms with E-state index in [2.05, 4.69) is 10.3 Å². The van der Waals surface area contributed by atoms with Crippen LogP contribution in [0, 0.1) is 13.8 Å². The number of nitrogens with zero attached hydrogens (tertiary/aromatic N) is 1. The molecule has 0 spiro atoms. The van der Waals surface area contributed by atoms with Crippen molar-refractivity contribution in [2.45, 2.75) is 13.8 Å². The van der Waals surface area contributed by atoms with Crippen molar-refractivity contribution in [3.63, 3.8) is 0 Å². The molecule has 0 fully saturated rings. The van der Waals surface area contributed by atoms with Crippen LogP contribution in [0.5, 0.6) is 5.75 Å². The molecule has 0 aliphatic rings. The number of benzene rings is 2. The fourth-order valence-corrected chi connectivity index (χ4v) is 2.60. The SMILES string of the molecule is Cc1cccc(OCC(=O)Nc2cccc(/C=C/c3ccccn3)c2)c1C. The molecule has 0 aliphatic heterocycles. The van der Waals surface area contributed by atoms with Crippen LogP contribution in [-0.4, -0.2) is 17.5 Å². The number of hydrogen-bond donors (Lipinski definition) is 1. The molecule has 0 radical (unpaired) electrons. The molecule has 4 nitrogen and oxygen atoms in total. The lowest BCUT2D eigenvalue weighted by molar-refractivity contribution is -0.118. The van der Waals surface area contributed by atoms with E-state index in [1.807, 2.05) is 86.7 Å². The van der Waals surface area contributed by atoms with Crippen LogP contribution in [0.4, 0.5) is 5.69 Å². The third kappa shape index (κ3) is 5.28. The average Bonchev–Trinajstić information content (AvgIpc) is 2.69. The topological polar surface area (TPSA) is 51.2 Å². The molecule has 27 heavy (non-hydrogen) atoms. The molecule has 3 rings (SSSR count). The smallest absolute Gasteiger partial charge is 0.262 e. The molecule has 4 heteroatoms. The summed E-state index contributed by atoms with van der Waals surface area (Å²) in [6, 6.07) is 19.2. The lowest BCUT2D eigenvalue weighted by atomic mass is 10.1. The first kappa shape index (κ1) is 18.4. The largest absolute Gasteiger partial charge is 0.483 e. The summed E-state index contributed by atoms with van der Waals surface area (Å²) >= 11 is 0. The van der Waals surface area contributed by atoms with Crippen molar-refractivity contribution in [2.75, 3.05) is 11.9 Å². The zero-order valence-corrected chi connectivity index (χ0v) is 15.5. The van der Waals surface area contributed by atoms with E-state index < -0.39 is 0 Å². The summed E-state index contributed by atoms with van der Waals surface area (Å²) in [7, 11) is 0. The summed E-state index contributed by atoms with van der Waals surface area (Å²) in [5.74, 6) is 0.541. The van der Waals surface area contributed by atoms with Crippen molar-refractivity contribution < 1.29 is 9.53 Å². The molecular formula is C23H22N2O2. The second-order valence-electron chi connectivity index (χ2n) is 6.25. The summed E-state index contributed by atoms with van der Waals surface area (Å²) in [5.41, 5.74) is 4.78. The van der Waals surface area contributed by atoms with Gasteiger partial charge in [0.25, 0.3) is 5.91 Å². The molecule has 0 bridgehead atoms. The Morgan fingerprint density at radius 3 is 2.70 bits per heavy atom. The van der Waals surface area contributed by atoms with Crippen molar-refractivity contribution in [1.82, 2.24) is 4.98 Å². The lowest BCUT2D eigenvalue weighted by Gasteiger charge is -2.11. The number of pyridine rings is 1. The van der Waals surface area contributed by atoms with Gasteiger partial charge in [0.05, 0.1) is 5.69 Å². The minimum atomic E-state index is -0.193. The summed E-state index contributed by atoms with van der Waals surface area (Å²) < 4.78 is 5.65. The Morgan fingerprint density at radius 2 is 1.89 bits per heavy atom. The Hall–Kier alpha value is -3.40. The van der Waals surface area contributed by atoms with Gasteiger partial charge in [0.15, 0.2) is 6.61 Å². The fourth-order valence-electron chi connectivity index (χ4n) is 2.60. The second kappa shape index (κ2) is 8.81. The Bertz CT molecular complexity index is 950. The van der Waals surface area contributed by atoms with E-state index in [9.17, 15) is 4.79 Å². The number of nitrogens with one attached hydrogen (secondary N) is 1. The van der Waals surface area contributed by atoms with Gasteiger partial charge in [-0.2, -0.15) is 0 Å². The molecule has 3 aromatic rings. The van der Waals surface area contributed by atoms with Gasteiger partial charge in [-0.1, -0.05) is 36.4 Å². The number of anilines is 1. The average molecular weight is 358 g/mol. The van der Waals surface area contributed by atoms with Gasteiger partial charge in [-0.3, -0.25) is 9.78 Å². The maximum Gasteiger partial charge on any atom is 0.262 e. The number of hydrogen-bond acceptors (Lipinski definition) is 3. The second-order valence-corrected chi connectivity index (χ2v) is 6.25. The molecule has 1 amide bonds. The van der Waals surface area contributed by atoms with Crippen LogP contribution >= 0.6 is 0 Å². The Kier molecular flexibility index (Phi) is 6.00. The quantitative estimate of drug-likeness (QED) is 0.683. The Labute approximate surface area is 159 Å². The number of ether oxygens (including phenoxy) is 1. The van der Waals surface area contributed by atoms with Crippen molar-refractivity contribution in [3.05, 3.63) is 89.2 Å². The molecular weight excluding hydrogens is 336 g/mol. The highest BCUT2D eigenvalue weighted by Gasteiger charge is 2.06. The fraction of sp³-hybridized carbons (Fsp3) is 0.130. The number of rotatable bonds is 6. The van der Waals surface area contributed by atoms with E-state index >= 15 is 0 Å². The van der Waals surface area contributed by atoms with E-state index in [1.54, 1.807) is 6.20 Å². The van der Waals surface area contributed by atoms with Gasteiger partial charge in [-0.25, -0.2) is 0 Å². The highest BCUT2D eigenvalue weighted by atomic mass is 16.5. The predicted molar refractivity (Wildman–Crippen MR) is 110 cm³/mol. The molecule has 0 aliphatic carbocycles. The molecule has 2 aromatic carbocycles. The molecule has 136 valence electrons. The molecule has 0 unspecified atom stereocenters. The standard InChI is InChI=1S/C23H22N2O2/c1-17-7-5-11-22(18(17)2)27-16-23(26)25-21-10-6-8-19(15-21)12-13-20-9-3-4-14-24-20/h3-15H,16H2,1-2H3,(H,25,26)/b13-12+. The summed E-state index contributed by atoms with van der Waals surface area (Å²) in [6.07, 6.45) is 5.65. The third-order valence-corrected chi connectivity index (χ3v) is 4.22. The first-order valence-electron chi connectivity index (χ1n) is 8.80. The van der Waals surface area contributed by atoms with Gasteiger partial charge in [0.2, 0.25) is 0 Å². The molecule has 0 saturated carbocycles. The van der Waals surface area contributed by atoms with Crippen LogP contribution in [-0.2, 0) is 4.79 Å². The molecule has 0 atom stereocenters. The molecule has 0 saturated heterocycles. The molecule has 1 N–H and O–H groups in total. The number of aryl methyl sites for hydroxylation is 1. The van der Waals surface area contributed by atoms with Gasteiger partial charge < -0.3 is 10.1 Å². The van der Waals surface area contributed by atoms with Gasteiger partial charge in [-0.15, -0.1) is 0 Å². The summed E-state index contributed by atoms with van der Waals surface area (Å²) in [4.78, 5) is 16.5. The zero-order valence-electron chi connectivity index (χ0n) is 15.5. The molecule has 1 aromatic heterocycles. The minimum Gasteiger partial charge on any atom is -0.483 e. The first-order chi connectivity index (χ1) is 13.1. The van der Waals surface area contributed by atoms with Crippen LogP contribution in [0.3, 0.4) is 0 Å². The van der Waals surface area contributed by atoms with Gasteiger partial charge in [-0.05, 0) is 66.9 Å². The maximum atomic E-state index is 12.2. The monoisotopic (exact) mass is 358 g/mol. The van der Waals surface area contributed by atoms with Gasteiger partial charge in [0.1, 0.15) is 5.75 Å².